The van der Waals surface area contributed by atoms with Crippen LogP contribution in [0.25, 0.3) is 11.1 Å². The molecule has 0 aliphatic carbocycles. The van der Waals surface area contributed by atoms with E-state index in [1.165, 1.54) is 26.1 Å². The second kappa shape index (κ2) is 8.69. The van der Waals surface area contributed by atoms with Gasteiger partial charge in [0.25, 0.3) is 11.5 Å². The van der Waals surface area contributed by atoms with E-state index in [9.17, 15) is 14.0 Å². The Bertz CT molecular complexity index is 1400. The maximum atomic E-state index is 14.3. The molecule has 35 heavy (non-hydrogen) atoms. The second-order valence-corrected chi connectivity index (χ2v) is 9.36. The molecule has 1 amide bonds. The second-order valence-electron chi connectivity index (χ2n) is 9.36. The molecular formula is C27H27FN4O3. The number of ether oxygens (including phenoxy) is 1. The number of carbonyl (C=O) groups is 1. The number of allylic oxidation sites excluding steroid dienone is 1. The predicted molar refractivity (Wildman–Crippen MR) is 133 cm³/mol. The molecule has 180 valence electrons. The van der Waals surface area contributed by atoms with Gasteiger partial charge in [-0.3, -0.25) is 19.1 Å². The highest BCUT2D eigenvalue weighted by Crippen LogP contribution is 2.33. The summed E-state index contributed by atoms with van der Waals surface area (Å²) in [6, 6.07) is 12.3. The van der Waals surface area contributed by atoms with Crippen LogP contribution in [0.1, 0.15) is 41.9 Å². The quantitative estimate of drug-likeness (QED) is 0.590. The standard InChI is InChI=1S/C27H27FN4O3/c1-17-4-5-20(30-26(34)18-6-8-29-23(12-18)27(2,3)28)15-22(17)19-13-24-31-10-11-35-16-21(31)7-9-32(24)25(33)14-19/h4-6,8,12-16H,7,9-11H2,1-3H3,(H,30,34). The molecule has 5 rings (SSSR count). The first-order chi connectivity index (χ1) is 16.7. The summed E-state index contributed by atoms with van der Waals surface area (Å²) in [5.74, 6) is 0.488. The molecule has 0 bridgehead atoms. The lowest BCUT2D eigenvalue weighted by atomic mass is 9.99. The summed E-state index contributed by atoms with van der Waals surface area (Å²) < 4.78 is 21.6. The van der Waals surface area contributed by atoms with Crippen molar-refractivity contribution >= 4 is 17.4 Å². The van der Waals surface area contributed by atoms with Crippen molar-refractivity contribution < 1.29 is 13.9 Å². The molecule has 0 atom stereocenters. The van der Waals surface area contributed by atoms with Gasteiger partial charge in [0.2, 0.25) is 0 Å². The number of alkyl halides is 1. The Morgan fingerprint density at radius 1 is 1.14 bits per heavy atom. The summed E-state index contributed by atoms with van der Waals surface area (Å²) in [5, 5.41) is 2.89. The highest BCUT2D eigenvalue weighted by Gasteiger charge is 2.26. The lowest BCUT2D eigenvalue weighted by Gasteiger charge is -2.36. The molecule has 0 fully saturated rings. The largest absolute Gasteiger partial charge is 0.498 e. The summed E-state index contributed by atoms with van der Waals surface area (Å²) in [5.41, 5.74) is 3.07. The SMILES string of the molecule is Cc1ccc(NC(=O)c2ccnc(C(C)(C)F)c2)cc1-c1cc2n(c(=O)c1)CCC1=COCCN12. The Morgan fingerprint density at radius 3 is 2.77 bits per heavy atom. The van der Waals surface area contributed by atoms with Gasteiger partial charge in [0.05, 0.1) is 17.9 Å². The van der Waals surface area contributed by atoms with Crippen LogP contribution in [-0.2, 0) is 17.0 Å². The normalized spacial score (nSPS) is 15.0. The molecule has 7 nitrogen and oxygen atoms in total. The van der Waals surface area contributed by atoms with E-state index in [0.29, 0.717) is 30.9 Å². The lowest BCUT2D eigenvalue weighted by Crippen LogP contribution is -2.39. The number of anilines is 2. The van der Waals surface area contributed by atoms with Gasteiger partial charge in [-0.1, -0.05) is 6.07 Å². The lowest BCUT2D eigenvalue weighted by molar-refractivity contribution is 0.102. The topological polar surface area (TPSA) is 76.5 Å². The molecule has 0 radical (unpaired) electrons. The van der Waals surface area contributed by atoms with Crippen LogP contribution in [0.5, 0.6) is 0 Å². The van der Waals surface area contributed by atoms with Gasteiger partial charge in [-0.05, 0) is 67.8 Å². The molecule has 1 aromatic carbocycles. The minimum atomic E-state index is -1.65. The average molecular weight is 475 g/mol. The average Bonchev–Trinajstić information content (AvgIpc) is 2.84. The Kier molecular flexibility index (Phi) is 5.67. The van der Waals surface area contributed by atoms with Crippen molar-refractivity contribution in [1.29, 1.82) is 0 Å². The number of hydrogen-bond donors (Lipinski definition) is 1. The molecule has 4 heterocycles. The van der Waals surface area contributed by atoms with Crippen LogP contribution in [0, 0.1) is 6.92 Å². The van der Waals surface area contributed by atoms with Gasteiger partial charge in [-0.25, -0.2) is 4.39 Å². The van der Waals surface area contributed by atoms with Crippen LogP contribution < -0.4 is 15.8 Å². The Balaban J connectivity index is 1.48. The number of benzene rings is 1. The number of nitrogens with one attached hydrogen (secondary N) is 1. The monoisotopic (exact) mass is 474 g/mol. The molecule has 0 saturated carbocycles. The zero-order chi connectivity index (χ0) is 24.7. The van der Waals surface area contributed by atoms with Crippen molar-refractivity contribution in [3.05, 3.63) is 87.8 Å². The summed E-state index contributed by atoms with van der Waals surface area (Å²) in [4.78, 5) is 32.0. The van der Waals surface area contributed by atoms with Gasteiger partial charge in [0.15, 0.2) is 0 Å². The molecule has 1 N–H and O–H groups in total. The summed E-state index contributed by atoms with van der Waals surface area (Å²) >= 11 is 0. The summed E-state index contributed by atoms with van der Waals surface area (Å²) in [6.45, 7) is 6.64. The van der Waals surface area contributed by atoms with Crippen molar-refractivity contribution in [3.8, 4) is 11.1 Å². The van der Waals surface area contributed by atoms with Gasteiger partial charge in [-0.15, -0.1) is 0 Å². The van der Waals surface area contributed by atoms with E-state index in [1.807, 2.05) is 31.2 Å². The third-order valence-electron chi connectivity index (χ3n) is 6.41. The number of hydrogen-bond acceptors (Lipinski definition) is 5. The first-order valence-electron chi connectivity index (χ1n) is 11.6. The molecule has 2 aromatic heterocycles. The molecule has 3 aromatic rings. The minimum absolute atomic E-state index is 0.0602. The number of aromatic nitrogens is 2. The van der Waals surface area contributed by atoms with Crippen LogP contribution in [0.15, 0.2) is 65.4 Å². The zero-order valence-electron chi connectivity index (χ0n) is 20.0. The third-order valence-corrected chi connectivity index (χ3v) is 6.41. The number of aryl methyl sites for hydroxylation is 1. The number of halogens is 1. The minimum Gasteiger partial charge on any atom is -0.498 e. The fourth-order valence-electron chi connectivity index (χ4n) is 4.49. The van der Waals surface area contributed by atoms with Crippen LogP contribution in [-0.4, -0.2) is 28.6 Å². The number of nitrogens with zero attached hydrogens (tertiary/aromatic N) is 3. The van der Waals surface area contributed by atoms with Crippen LogP contribution in [0.3, 0.4) is 0 Å². The van der Waals surface area contributed by atoms with Crippen LogP contribution >= 0.6 is 0 Å². The number of amides is 1. The van der Waals surface area contributed by atoms with E-state index in [4.69, 9.17) is 4.74 Å². The van der Waals surface area contributed by atoms with Gasteiger partial charge in [-0.2, -0.15) is 0 Å². The molecule has 0 spiro atoms. The van der Waals surface area contributed by atoms with Crippen LogP contribution in [0.2, 0.25) is 0 Å². The summed E-state index contributed by atoms with van der Waals surface area (Å²) in [7, 11) is 0. The Morgan fingerprint density at radius 2 is 1.97 bits per heavy atom. The first kappa shape index (κ1) is 22.8. The van der Waals surface area contributed by atoms with E-state index < -0.39 is 5.67 Å². The molecule has 0 unspecified atom stereocenters. The number of carbonyl (C=O) groups excluding carboxylic acids is 1. The Hall–Kier alpha value is -3.94. The maximum Gasteiger partial charge on any atom is 0.255 e. The van der Waals surface area contributed by atoms with E-state index >= 15 is 0 Å². The molecule has 0 saturated heterocycles. The van der Waals surface area contributed by atoms with E-state index in [-0.39, 0.29) is 17.2 Å². The van der Waals surface area contributed by atoms with Gasteiger partial charge < -0.3 is 15.0 Å². The smallest absolute Gasteiger partial charge is 0.255 e. The van der Waals surface area contributed by atoms with Crippen LogP contribution in [0.4, 0.5) is 15.9 Å². The number of fused-ring (bicyclic) bond motifs is 3. The highest BCUT2D eigenvalue weighted by atomic mass is 19.1. The zero-order valence-corrected chi connectivity index (χ0v) is 20.0. The van der Waals surface area contributed by atoms with Crippen molar-refractivity contribution in [3.63, 3.8) is 0 Å². The van der Waals surface area contributed by atoms with Gasteiger partial charge >= 0.3 is 0 Å². The predicted octanol–water partition coefficient (Wildman–Crippen LogP) is 4.76. The number of pyridine rings is 2. The van der Waals surface area contributed by atoms with Crippen molar-refractivity contribution in [2.45, 2.75) is 39.4 Å². The van der Waals surface area contributed by atoms with Gasteiger partial charge in [0.1, 0.15) is 24.4 Å². The summed E-state index contributed by atoms with van der Waals surface area (Å²) in [6.07, 6.45) is 3.96. The molecule has 2 aliphatic heterocycles. The van der Waals surface area contributed by atoms with E-state index in [0.717, 1.165) is 34.6 Å². The number of rotatable bonds is 4. The van der Waals surface area contributed by atoms with Crippen molar-refractivity contribution in [1.82, 2.24) is 9.55 Å². The fourth-order valence-corrected chi connectivity index (χ4v) is 4.49. The van der Waals surface area contributed by atoms with E-state index in [1.54, 1.807) is 23.0 Å². The maximum absolute atomic E-state index is 14.3. The Labute approximate surface area is 202 Å². The molecule has 8 heteroatoms. The van der Waals surface area contributed by atoms with E-state index in [2.05, 4.69) is 15.2 Å². The van der Waals surface area contributed by atoms with Crippen molar-refractivity contribution in [2.75, 3.05) is 23.4 Å². The molecular weight excluding hydrogens is 447 g/mol. The molecule has 2 aliphatic rings. The first-order valence-corrected chi connectivity index (χ1v) is 11.6. The van der Waals surface area contributed by atoms with Gasteiger partial charge in [0, 0.05) is 36.5 Å². The fraction of sp³-hybridized carbons (Fsp3) is 0.296. The van der Waals surface area contributed by atoms with Crippen molar-refractivity contribution in [2.24, 2.45) is 0 Å². The third kappa shape index (κ3) is 4.43. The highest BCUT2D eigenvalue weighted by molar-refractivity contribution is 6.04.